The molecule has 0 atom stereocenters. The number of aromatic nitrogens is 1. The van der Waals surface area contributed by atoms with Crippen LogP contribution in [-0.4, -0.2) is 4.98 Å². The molecule has 0 aliphatic rings. The van der Waals surface area contributed by atoms with Crippen LogP contribution in [0.5, 0.6) is 0 Å². The summed E-state index contributed by atoms with van der Waals surface area (Å²) < 4.78 is 0. The molecule has 0 aliphatic carbocycles. The Kier molecular flexibility index (Phi) is 2.58. The first-order valence-corrected chi connectivity index (χ1v) is 5.42. The normalized spacial score (nSPS) is 11.4. The van der Waals surface area contributed by atoms with Crippen LogP contribution in [0.1, 0.15) is 38.2 Å². The minimum absolute atomic E-state index is 0.711. The van der Waals surface area contributed by atoms with Gasteiger partial charge in [0.05, 0.1) is 0 Å². The van der Waals surface area contributed by atoms with Crippen molar-refractivity contribution in [3.63, 3.8) is 0 Å². The molecule has 74 valence electrons. The van der Waals surface area contributed by atoms with Crippen molar-refractivity contribution in [1.29, 1.82) is 0 Å². The molecule has 0 unspecified atom stereocenters. The Hall–Kier alpha value is -1.24. The van der Waals surface area contributed by atoms with E-state index in [9.17, 15) is 0 Å². The summed E-state index contributed by atoms with van der Waals surface area (Å²) in [7, 11) is 0. The Morgan fingerprint density at radius 2 is 1.93 bits per heavy atom. The second-order valence-corrected chi connectivity index (χ2v) is 3.84. The molecule has 0 saturated carbocycles. The van der Waals surface area contributed by atoms with Gasteiger partial charge in [0.25, 0.3) is 0 Å². The van der Waals surface area contributed by atoms with E-state index < -0.39 is 0 Å². The van der Waals surface area contributed by atoms with Crippen LogP contribution in [-0.2, 0) is 0 Å². The standard InChI is InChI=1S/C13H17N/c1-3-10(4-2)12-6-5-11-7-8-14-13(11)9-12/h5-10,14H,3-4H2,1-2H3. The lowest BCUT2D eigenvalue weighted by Gasteiger charge is -2.12. The first kappa shape index (κ1) is 9.32. The van der Waals surface area contributed by atoms with Crippen LogP contribution in [0.2, 0.25) is 0 Å². The van der Waals surface area contributed by atoms with E-state index in [0.717, 1.165) is 0 Å². The van der Waals surface area contributed by atoms with Crippen molar-refractivity contribution in [1.82, 2.24) is 4.98 Å². The van der Waals surface area contributed by atoms with E-state index in [2.05, 4.69) is 43.1 Å². The lowest BCUT2D eigenvalue weighted by Crippen LogP contribution is -1.94. The van der Waals surface area contributed by atoms with Gasteiger partial charge in [0.15, 0.2) is 0 Å². The molecule has 2 rings (SSSR count). The van der Waals surface area contributed by atoms with Crippen LogP contribution in [0, 0.1) is 0 Å². The second-order valence-electron chi connectivity index (χ2n) is 3.84. The van der Waals surface area contributed by atoms with Crippen LogP contribution in [0.3, 0.4) is 0 Å². The monoisotopic (exact) mass is 187 g/mol. The fraction of sp³-hybridized carbons (Fsp3) is 0.385. The molecule has 0 bridgehead atoms. The van der Waals surface area contributed by atoms with Gasteiger partial charge < -0.3 is 4.98 Å². The molecule has 1 heteroatoms. The summed E-state index contributed by atoms with van der Waals surface area (Å²) in [6.07, 6.45) is 4.45. The number of hydrogen-bond donors (Lipinski definition) is 1. The molecule has 1 aromatic carbocycles. The predicted octanol–water partition coefficient (Wildman–Crippen LogP) is 4.07. The van der Waals surface area contributed by atoms with Gasteiger partial charge in [-0.3, -0.25) is 0 Å². The van der Waals surface area contributed by atoms with Crippen molar-refractivity contribution in [2.24, 2.45) is 0 Å². The third kappa shape index (κ3) is 1.54. The second kappa shape index (κ2) is 3.87. The van der Waals surface area contributed by atoms with E-state index in [1.54, 1.807) is 0 Å². The van der Waals surface area contributed by atoms with E-state index in [-0.39, 0.29) is 0 Å². The van der Waals surface area contributed by atoms with Crippen molar-refractivity contribution in [3.05, 3.63) is 36.0 Å². The summed E-state index contributed by atoms with van der Waals surface area (Å²) in [4.78, 5) is 3.26. The maximum absolute atomic E-state index is 3.26. The molecule has 14 heavy (non-hydrogen) atoms. The van der Waals surface area contributed by atoms with Crippen LogP contribution < -0.4 is 0 Å². The van der Waals surface area contributed by atoms with Gasteiger partial charge >= 0.3 is 0 Å². The van der Waals surface area contributed by atoms with E-state index in [4.69, 9.17) is 0 Å². The number of rotatable bonds is 3. The Labute approximate surface area is 85.1 Å². The molecule has 0 amide bonds. The summed E-state index contributed by atoms with van der Waals surface area (Å²) in [6, 6.07) is 8.87. The lowest BCUT2D eigenvalue weighted by atomic mass is 9.93. The van der Waals surface area contributed by atoms with Gasteiger partial charge in [0.2, 0.25) is 0 Å². The average Bonchev–Trinajstić information content (AvgIpc) is 2.66. The molecule has 2 aromatic rings. The van der Waals surface area contributed by atoms with E-state index >= 15 is 0 Å². The molecule has 0 saturated heterocycles. The van der Waals surface area contributed by atoms with Gasteiger partial charge in [-0.2, -0.15) is 0 Å². The topological polar surface area (TPSA) is 15.8 Å². The zero-order valence-electron chi connectivity index (χ0n) is 8.88. The number of hydrogen-bond acceptors (Lipinski definition) is 0. The molecular formula is C13H17N. The van der Waals surface area contributed by atoms with Crippen LogP contribution in [0.25, 0.3) is 10.9 Å². The minimum Gasteiger partial charge on any atom is -0.361 e. The zero-order valence-corrected chi connectivity index (χ0v) is 8.88. The third-order valence-electron chi connectivity index (χ3n) is 3.04. The lowest BCUT2D eigenvalue weighted by molar-refractivity contribution is 0.642. The highest BCUT2D eigenvalue weighted by Crippen LogP contribution is 2.25. The van der Waals surface area contributed by atoms with Crippen LogP contribution in [0.15, 0.2) is 30.5 Å². The molecule has 0 aliphatic heterocycles. The van der Waals surface area contributed by atoms with E-state index in [1.807, 2.05) is 6.20 Å². The van der Waals surface area contributed by atoms with Crippen molar-refractivity contribution < 1.29 is 0 Å². The number of benzene rings is 1. The largest absolute Gasteiger partial charge is 0.361 e. The van der Waals surface area contributed by atoms with Gasteiger partial charge in [-0.05, 0) is 41.8 Å². The molecule has 1 nitrogen and oxygen atoms in total. The molecule has 1 aromatic heterocycles. The quantitative estimate of drug-likeness (QED) is 0.745. The number of H-pyrrole nitrogens is 1. The van der Waals surface area contributed by atoms with Crippen LogP contribution in [0.4, 0.5) is 0 Å². The smallest absolute Gasteiger partial charge is 0.0456 e. The number of fused-ring (bicyclic) bond motifs is 1. The van der Waals surface area contributed by atoms with Crippen LogP contribution >= 0.6 is 0 Å². The summed E-state index contributed by atoms with van der Waals surface area (Å²) in [6.45, 7) is 4.51. The SMILES string of the molecule is CCC(CC)c1ccc2cc[nH]c2c1. The van der Waals surface area contributed by atoms with Crippen molar-refractivity contribution in [2.45, 2.75) is 32.6 Å². The molecule has 1 heterocycles. The molecular weight excluding hydrogens is 170 g/mol. The van der Waals surface area contributed by atoms with Crippen molar-refractivity contribution in [2.75, 3.05) is 0 Å². The Morgan fingerprint density at radius 3 is 2.64 bits per heavy atom. The first-order valence-electron chi connectivity index (χ1n) is 5.42. The molecule has 0 radical (unpaired) electrons. The fourth-order valence-corrected chi connectivity index (χ4v) is 2.08. The first-order chi connectivity index (χ1) is 6.85. The Morgan fingerprint density at radius 1 is 1.14 bits per heavy atom. The van der Waals surface area contributed by atoms with Gasteiger partial charge in [-0.25, -0.2) is 0 Å². The summed E-state index contributed by atoms with van der Waals surface area (Å²) in [5.41, 5.74) is 2.72. The molecule has 0 fully saturated rings. The number of nitrogens with one attached hydrogen (secondary N) is 1. The zero-order chi connectivity index (χ0) is 9.97. The summed E-state index contributed by atoms with van der Waals surface area (Å²) in [5.74, 6) is 0.711. The van der Waals surface area contributed by atoms with Crippen molar-refractivity contribution >= 4 is 10.9 Å². The number of aromatic amines is 1. The maximum Gasteiger partial charge on any atom is 0.0456 e. The van der Waals surface area contributed by atoms with E-state index in [1.165, 1.54) is 29.3 Å². The summed E-state index contributed by atoms with van der Waals surface area (Å²) >= 11 is 0. The minimum atomic E-state index is 0.711. The highest BCUT2D eigenvalue weighted by Gasteiger charge is 2.07. The molecule has 1 N–H and O–H groups in total. The summed E-state index contributed by atoms with van der Waals surface area (Å²) in [5, 5.41) is 1.31. The Bertz CT molecular complexity index is 410. The third-order valence-corrected chi connectivity index (χ3v) is 3.04. The average molecular weight is 187 g/mol. The van der Waals surface area contributed by atoms with Gasteiger partial charge in [0, 0.05) is 11.7 Å². The maximum atomic E-state index is 3.26. The van der Waals surface area contributed by atoms with Gasteiger partial charge in [0.1, 0.15) is 0 Å². The highest BCUT2D eigenvalue weighted by molar-refractivity contribution is 5.79. The predicted molar refractivity (Wildman–Crippen MR) is 61.6 cm³/mol. The Balaban J connectivity index is 2.42. The molecule has 0 spiro atoms. The fourth-order valence-electron chi connectivity index (χ4n) is 2.08. The van der Waals surface area contributed by atoms with E-state index in [0.29, 0.717) is 5.92 Å². The van der Waals surface area contributed by atoms with Gasteiger partial charge in [-0.1, -0.05) is 26.0 Å². The van der Waals surface area contributed by atoms with Gasteiger partial charge in [-0.15, -0.1) is 0 Å². The highest BCUT2D eigenvalue weighted by atomic mass is 14.7. The van der Waals surface area contributed by atoms with Crippen molar-refractivity contribution in [3.8, 4) is 0 Å².